The van der Waals surface area contributed by atoms with Crippen molar-refractivity contribution >= 4 is 27.9 Å². The van der Waals surface area contributed by atoms with Gasteiger partial charge in [0.15, 0.2) is 5.96 Å². The number of hydrogen-bond acceptors (Lipinski definition) is 5. The van der Waals surface area contributed by atoms with E-state index < -0.39 is 16.2 Å². The highest BCUT2D eigenvalue weighted by Crippen LogP contribution is 2.28. The Kier molecular flexibility index (Phi) is 11.1. The topological polar surface area (TPSA) is 166 Å². The molecular weight excluding hydrogens is 434 g/mol. The minimum atomic E-state index is -3.67. The van der Waals surface area contributed by atoms with Crippen molar-refractivity contribution in [3.8, 4) is 0 Å². The summed E-state index contributed by atoms with van der Waals surface area (Å²) in [5.41, 5.74) is 6.35. The van der Waals surface area contributed by atoms with Crippen LogP contribution in [0.2, 0.25) is 0 Å². The molecular formula is C21H35N5O5S. The number of carbonyl (C=O) groups is 2. The Morgan fingerprint density at radius 1 is 1.19 bits per heavy atom. The van der Waals surface area contributed by atoms with E-state index in [1.807, 2.05) is 30.3 Å². The SMILES string of the molecule is CN(C)C(=O)[C@H](Cc1ccccc1)NC(=O)[C@H]1CC[C@H](CNC(=N)N)CC1.CS(=O)(=O)O. The van der Waals surface area contributed by atoms with Gasteiger partial charge in [-0.2, -0.15) is 8.42 Å². The van der Waals surface area contributed by atoms with Gasteiger partial charge in [-0.25, -0.2) is 0 Å². The van der Waals surface area contributed by atoms with Crippen molar-refractivity contribution in [3.63, 3.8) is 0 Å². The standard InChI is InChI=1S/C20H31N5O2.CH4O3S/c1-25(2)19(27)17(12-14-6-4-3-5-7-14)24-18(26)16-10-8-15(9-11-16)13-23-20(21)22;1-5(2,3)4/h3-7,15-17H,8-13H2,1-2H3,(H,24,26)(H4,21,22,23);1H3,(H,2,3,4)/t15-,16-,17-;/m0./s1. The molecule has 6 N–H and O–H groups in total. The highest BCUT2D eigenvalue weighted by molar-refractivity contribution is 7.85. The van der Waals surface area contributed by atoms with E-state index in [1.54, 1.807) is 14.1 Å². The molecule has 0 unspecified atom stereocenters. The minimum absolute atomic E-state index is 0.0131. The molecule has 1 fully saturated rings. The summed E-state index contributed by atoms with van der Waals surface area (Å²) in [6, 6.07) is 9.19. The number of likely N-dealkylation sites (N-methyl/N-ethyl adjacent to an activating group) is 1. The molecule has 1 saturated carbocycles. The number of carbonyl (C=O) groups excluding carboxylic acids is 2. The molecule has 0 aromatic heterocycles. The van der Waals surface area contributed by atoms with Gasteiger partial charge in [-0.3, -0.25) is 19.6 Å². The lowest BCUT2D eigenvalue weighted by molar-refractivity contribution is -0.136. The maximum absolute atomic E-state index is 12.7. The van der Waals surface area contributed by atoms with Crippen LogP contribution < -0.4 is 16.4 Å². The molecule has 1 atom stereocenters. The van der Waals surface area contributed by atoms with Crippen molar-refractivity contribution in [2.45, 2.75) is 38.1 Å². The summed E-state index contributed by atoms with van der Waals surface area (Å²) in [7, 11) is -0.251. The zero-order chi connectivity index (χ0) is 24.3. The monoisotopic (exact) mass is 469 g/mol. The minimum Gasteiger partial charge on any atom is -0.370 e. The van der Waals surface area contributed by atoms with Gasteiger partial charge in [0.25, 0.3) is 10.1 Å². The molecule has 0 radical (unpaired) electrons. The highest BCUT2D eigenvalue weighted by Gasteiger charge is 2.30. The van der Waals surface area contributed by atoms with E-state index in [9.17, 15) is 18.0 Å². The Hall–Kier alpha value is -2.66. The second-order valence-electron chi connectivity index (χ2n) is 8.23. The van der Waals surface area contributed by atoms with Gasteiger partial charge in [-0.1, -0.05) is 30.3 Å². The number of nitrogens with two attached hydrogens (primary N) is 1. The molecule has 32 heavy (non-hydrogen) atoms. The third-order valence-corrected chi connectivity index (χ3v) is 5.14. The molecule has 0 bridgehead atoms. The maximum Gasteiger partial charge on any atom is 0.261 e. The summed E-state index contributed by atoms with van der Waals surface area (Å²) >= 11 is 0. The zero-order valence-corrected chi connectivity index (χ0v) is 19.7. The van der Waals surface area contributed by atoms with Crippen molar-refractivity contribution < 1.29 is 22.6 Å². The number of nitrogens with one attached hydrogen (secondary N) is 3. The van der Waals surface area contributed by atoms with Crippen LogP contribution in [0.15, 0.2) is 30.3 Å². The summed E-state index contributed by atoms with van der Waals surface area (Å²) in [4.78, 5) is 26.8. The van der Waals surface area contributed by atoms with Crippen LogP contribution in [-0.2, 0) is 26.1 Å². The lowest BCUT2D eigenvalue weighted by atomic mass is 9.81. The fraction of sp³-hybridized carbons (Fsp3) is 0.571. The summed E-state index contributed by atoms with van der Waals surface area (Å²) in [5, 5.41) is 13.1. The molecule has 10 nitrogen and oxygen atoms in total. The van der Waals surface area contributed by atoms with Gasteiger partial charge in [0.2, 0.25) is 11.8 Å². The molecule has 2 rings (SSSR count). The van der Waals surface area contributed by atoms with Crippen LogP contribution in [0.25, 0.3) is 0 Å². The number of guanidine groups is 1. The molecule has 0 heterocycles. The maximum atomic E-state index is 12.7. The fourth-order valence-corrected chi connectivity index (χ4v) is 3.53. The summed E-state index contributed by atoms with van der Waals surface area (Å²) in [5.74, 6) is 0.227. The van der Waals surface area contributed by atoms with Gasteiger partial charge >= 0.3 is 0 Å². The smallest absolute Gasteiger partial charge is 0.261 e. The number of rotatable bonds is 7. The van der Waals surface area contributed by atoms with Gasteiger partial charge in [0.05, 0.1) is 6.26 Å². The first kappa shape index (κ1) is 27.4. The van der Waals surface area contributed by atoms with Crippen LogP contribution in [-0.4, -0.2) is 68.6 Å². The number of benzene rings is 1. The normalized spacial score (nSPS) is 19.0. The molecule has 0 spiro atoms. The number of hydrogen-bond donors (Lipinski definition) is 5. The molecule has 11 heteroatoms. The van der Waals surface area contributed by atoms with Gasteiger partial charge in [0.1, 0.15) is 6.04 Å². The van der Waals surface area contributed by atoms with Crippen LogP contribution in [0, 0.1) is 17.2 Å². The summed E-state index contributed by atoms with van der Waals surface area (Å²) in [6.45, 7) is 0.680. The number of amides is 2. The van der Waals surface area contributed by atoms with Gasteiger partial charge in [0, 0.05) is 33.0 Å². The molecule has 0 saturated heterocycles. The van der Waals surface area contributed by atoms with Crippen LogP contribution in [0.4, 0.5) is 0 Å². The Balaban J connectivity index is 0.000000920. The Bertz CT molecular complexity index is 845. The second-order valence-corrected chi connectivity index (χ2v) is 9.69. The molecule has 0 aliphatic heterocycles. The predicted molar refractivity (Wildman–Crippen MR) is 124 cm³/mol. The van der Waals surface area contributed by atoms with Crippen molar-refractivity contribution in [1.82, 2.24) is 15.5 Å². The quantitative estimate of drug-likeness (QED) is 0.221. The van der Waals surface area contributed by atoms with E-state index in [2.05, 4.69) is 10.6 Å². The van der Waals surface area contributed by atoms with Crippen molar-refractivity contribution in [1.29, 1.82) is 5.41 Å². The van der Waals surface area contributed by atoms with Crippen LogP contribution in [0.1, 0.15) is 31.2 Å². The highest BCUT2D eigenvalue weighted by atomic mass is 32.2. The van der Waals surface area contributed by atoms with E-state index in [1.165, 1.54) is 4.90 Å². The van der Waals surface area contributed by atoms with Crippen LogP contribution in [0.5, 0.6) is 0 Å². The first-order chi connectivity index (χ1) is 14.9. The van der Waals surface area contributed by atoms with E-state index in [-0.39, 0.29) is 23.7 Å². The molecule has 1 aromatic carbocycles. The van der Waals surface area contributed by atoms with E-state index in [0.29, 0.717) is 25.1 Å². The van der Waals surface area contributed by atoms with Crippen molar-refractivity contribution in [3.05, 3.63) is 35.9 Å². The molecule has 1 aliphatic carbocycles. The molecule has 180 valence electrons. The molecule has 1 aromatic rings. The van der Waals surface area contributed by atoms with Gasteiger partial charge in [-0.15, -0.1) is 0 Å². The lowest BCUT2D eigenvalue weighted by Crippen LogP contribution is -2.49. The van der Waals surface area contributed by atoms with Gasteiger partial charge < -0.3 is 21.3 Å². The van der Waals surface area contributed by atoms with E-state index in [0.717, 1.165) is 31.2 Å². The Labute approximate surface area is 190 Å². The lowest BCUT2D eigenvalue weighted by Gasteiger charge is -2.30. The van der Waals surface area contributed by atoms with Gasteiger partial charge in [-0.05, 0) is 37.2 Å². The molecule has 1 aliphatic rings. The Morgan fingerprint density at radius 3 is 2.19 bits per heavy atom. The average molecular weight is 470 g/mol. The molecule has 2 amide bonds. The van der Waals surface area contributed by atoms with Crippen molar-refractivity contribution in [2.24, 2.45) is 17.6 Å². The van der Waals surface area contributed by atoms with Crippen molar-refractivity contribution in [2.75, 3.05) is 26.9 Å². The fourth-order valence-electron chi connectivity index (χ4n) is 3.53. The summed E-state index contributed by atoms with van der Waals surface area (Å²) < 4.78 is 25.9. The average Bonchev–Trinajstić information content (AvgIpc) is 2.71. The number of nitrogens with zero attached hydrogens (tertiary/aromatic N) is 1. The predicted octanol–water partition coefficient (Wildman–Crippen LogP) is 0.596. The van der Waals surface area contributed by atoms with E-state index in [4.69, 9.17) is 15.7 Å². The third kappa shape index (κ3) is 11.7. The van der Waals surface area contributed by atoms with Crippen LogP contribution >= 0.6 is 0 Å². The third-order valence-electron chi connectivity index (χ3n) is 5.14. The van der Waals surface area contributed by atoms with Crippen LogP contribution in [0.3, 0.4) is 0 Å². The first-order valence-corrected chi connectivity index (χ1v) is 12.3. The largest absolute Gasteiger partial charge is 0.370 e. The second kappa shape index (κ2) is 13.0. The zero-order valence-electron chi connectivity index (χ0n) is 18.9. The first-order valence-electron chi connectivity index (χ1n) is 10.4. The summed E-state index contributed by atoms with van der Waals surface area (Å²) in [6.07, 6.45) is 4.63. The Morgan fingerprint density at radius 2 is 1.72 bits per heavy atom. The van der Waals surface area contributed by atoms with E-state index >= 15 is 0 Å².